The largest absolute Gasteiger partial charge is 0.483 e. The average molecular weight is 720 g/mol. The molecule has 7 rings (SSSR count). The van der Waals surface area contributed by atoms with E-state index in [9.17, 15) is 27.6 Å². The van der Waals surface area contributed by atoms with Crippen LogP contribution in [-0.2, 0) is 30.8 Å². The summed E-state index contributed by atoms with van der Waals surface area (Å²) in [6.07, 6.45) is 10.0. The predicted molar refractivity (Wildman–Crippen MR) is 191 cm³/mol. The van der Waals surface area contributed by atoms with Crippen molar-refractivity contribution in [3.05, 3.63) is 47.7 Å². The van der Waals surface area contributed by atoms with Crippen LogP contribution in [0.4, 0.5) is 4.79 Å². The summed E-state index contributed by atoms with van der Waals surface area (Å²) in [5.41, 5.74) is 0.548. The highest BCUT2D eigenvalue weighted by Crippen LogP contribution is 2.58. The Balaban J connectivity index is 1.23. The summed E-state index contributed by atoms with van der Waals surface area (Å²) in [5, 5.41) is 6.60. The van der Waals surface area contributed by atoms with Crippen LogP contribution in [0.25, 0.3) is 10.9 Å². The van der Waals surface area contributed by atoms with Gasteiger partial charge in [-0.25, -0.2) is 18.2 Å². The number of hydrogen-bond acceptors (Lipinski definition) is 8. The molecule has 1 spiro atoms. The summed E-state index contributed by atoms with van der Waals surface area (Å²) in [6, 6.07) is 5.68. The lowest BCUT2D eigenvalue weighted by molar-refractivity contribution is -0.140. The number of sulfonamides is 1. The van der Waals surface area contributed by atoms with E-state index in [2.05, 4.69) is 15.4 Å². The molecule has 12 nitrogen and oxygen atoms in total. The van der Waals surface area contributed by atoms with E-state index < -0.39 is 49.8 Å². The molecular weight excluding hydrogens is 671 g/mol. The molecule has 1 aromatic carbocycles. The first-order valence-corrected chi connectivity index (χ1v) is 20.0. The van der Waals surface area contributed by atoms with Crippen LogP contribution in [0.5, 0.6) is 5.75 Å². The number of nitrogens with one attached hydrogen (secondary N) is 3. The number of ketones is 1. The van der Waals surface area contributed by atoms with Crippen molar-refractivity contribution in [1.82, 2.24) is 25.2 Å². The lowest BCUT2D eigenvalue weighted by Gasteiger charge is -2.36. The molecule has 51 heavy (non-hydrogen) atoms. The van der Waals surface area contributed by atoms with E-state index in [-0.39, 0.29) is 37.0 Å². The second-order valence-electron chi connectivity index (χ2n) is 15.6. The van der Waals surface area contributed by atoms with Crippen LogP contribution >= 0.6 is 0 Å². The quantitative estimate of drug-likeness (QED) is 0.384. The number of rotatable bonds is 5. The molecule has 1 saturated heterocycles. The number of nitrogens with zero attached hydrogens (tertiary/aromatic N) is 2. The number of pyridine rings is 1. The van der Waals surface area contributed by atoms with Crippen molar-refractivity contribution < 1.29 is 32.3 Å². The molecule has 3 aliphatic heterocycles. The van der Waals surface area contributed by atoms with Gasteiger partial charge in [0.15, 0.2) is 5.78 Å². The number of urea groups is 1. The fourth-order valence-electron chi connectivity index (χ4n) is 8.35. The van der Waals surface area contributed by atoms with Crippen LogP contribution < -0.4 is 20.1 Å². The molecule has 0 unspecified atom stereocenters. The van der Waals surface area contributed by atoms with Gasteiger partial charge in [-0.15, -0.1) is 0 Å². The van der Waals surface area contributed by atoms with Gasteiger partial charge in [0.1, 0.15) is 17.4 Å². The van der Waals surface area contributed by atoms with E-state index in [1.165, 1.54) is 0 Å². The minimum Gasteiger partial charge on any atom is -0.483 e. The van der Waals surface area contributed by atoms with Crippen molar-refractivity contribution in [3.8, 4) is 5.75 Å². The summed E-state index contributed by atoms with van der Waals surface area (Å²) < 4.78 is 34.6. The first kappa shape index (κ1) is 35.4. The Morgan fingerprint density at radius 2 is 1.86 bits per heavy atom. The number of Topliss-reactive ketones (excluding diaryl/α,β-unsaturated/α-hetero) is 1. The van der Waals surface area contributed by atoms with Gasteiger partial charge in [0.05, 0.1) is 34.0 Å². The molecular formula is C38H49N5O7S. The first-order valence-electron chi connectivity index (χ1n) is 18.5. The first-order chi connectivity index (χ1) is 24.3. The van der Waals surface area contributed by atoms with Crippen molar-refractivity contribution in [2.24, 2.45) is 11.3 Å². The Bertz CT molecular complexity index is 1910. The van der Waals surface area contributed by atoms with Gasteiger partial charge >= 0.3 is 6.03 Å². The van der Waals surface area contributed by atoms with Gasteiger partial charge in [-0.05, 0) is 84.1 Å². The van der Waals surface area contributed by atoms with Crippen molar-refractivity contribution in [2.45, 2.75) is 120 Å². The Hall–Kier alpha value is -4.00. The molecule has 5 aliphatic rings. The van der Waals surface area contributed by atoms with E-state index >= 15 is 0 Å². The molecule has 3 fully saturated rings. The number of para-hydroxylation sites is 1. The van der Waals surface area contributed by atoms with E-state index in [0.29, 0.717) is 57.2 Å². The van der Waals surface area contributed by atoms with Crippen molar-refractivity contribution in [2.75, 3.05) is 13.1 Å². The van der Waals surface area contributed by atoms with Crippen LogP contribution in [-0.4, -0.2) is 77.5 Å². The van der Waals surface area contributed by atoms with Crippen molar-refractivity contribution in [3.63, 3.8) is 0 Å². The molecule has 274 valence electrons. The van der Waals surface area contributed by atoms with Crippen molar-refractivity contribution in [1.29, 1.82) is 0 Å². The summed E-state index contributed by atoms with van der Waals surface area (Å²) in [4.78, 5) is 62.2. The molecule has 2 aromatic rings. The number of hydrogen-bond donors (Lipinski definition) is 3. The number of ether oxygens (including phenoxy) is 1. The number of aromatic nitrogens is 1. The lowest BCUT2D eigenvalue weighted by Crippen LogP contribution is -2.54. The fourth-order valence-corrected chi connectivity index (χ4v) is 9.68. The smallest absolute Gasteiger partial charge is 0.315 e. The Labute approximate surface area is 299 Å². The zero-order valence-corrected chi connectivity index (χ0v) is 30.6. The van der Waals surface area contributed by atoms with Crippen LogP contribution in [0.2, 0.25) is 0 Å². The highest BCUT2D eigenvalue weighted by Gasteiger charge is 2.63. The molecule has 0 radical (unpaired) electrons. The van der Waals surface area contributed by atoms with Crippen molar-refractivity contribution >= 4 is 44.6 Å². The number of amides is 4. The maximum Gasteiger partial charge on any atom is 0.315 e. The topological polar surface area (TPSA) is 164 Å². The maximum absolute atomic E-state index is 14.6. The van der Waals surface area contributed by atoms with Gasteiger partial charge in [-0.2, -0.15) is 0 Å². The molecule has 2 saturated carbocycles. The molecule has 13 heteroatoms. The Kier molecular flexibility index (Phi) is 9.16. The minimum absolute atomic E-state index is 0.136. The number of carbonyl (C=O) groups is 4. The summed E-state index contributed by atoms with van der Waals surface area (Å²) in [5.74, 6) is -0.944. The number of aryl methyl sites for hydroxylation is 2. The van der Waals surface area contributed by atoms with Crippen LogP contribution in [0, 0.1) is 18.3 Å². The molecule has 4 heterocycles. The molecule has 1 aromatic heterocycles. The number of carbonyl (C=O) groups excluding carboxylic acids is 4. The third kappa shape index (κ3) is 6.62. The zero-order chi connectivity index (χ0) is 36.2. The van der Waals surface area contributed by atoms with Crippen LogP contribution in [0.3, 0.4) is 0 Å². The van der Waals surface area contributed by atoms with Crippen LogP contribution in [0.1, 0.15) is 95.7 Å². The Morgan fingerprint density at radius 3 is 2.63 bits per heavy atom. The SMILES string of the molecule is CCNC(=O)N[C@H]1CCCCC/C=C\[C@@H]2C[C@@]2(C(=O)NS(=O)(=O)C2(C)CC2)CC(=O)[C@@H]2C[C@]3(CCc4c(c(C)nc5ccccc45)O3)CN2C1=O. The van der Waals surface area contributed by atoms with E-state index in [1.54, 1.807) is 18.7 Å². The van der Waals surface area contributed by atoms with E-state index in [1.807, 2.05) is 43.3 Å². The monoisotopic (exact) mass is 719 g/mol. The summed E-state index contributed by atoms with van der Waals surface area (Å²) in [6.45, 7) is 5.86. The molecule has 2 aliphatic carbocycles. The minimum atomic E-state index is -3.92. The average Bonchev–Trinajstić information content (AvgIpc) is 3.98. The van der Waals surface area contributed by atoms with E-state index in [0.717, 1.165) is 41.4 Å². The number of allylic oxidation sites excluding steroid dienone is 2. The van der Waals surface area contributed by atoms with Gasteiger partial charge in [0.2, 0.25) is 21.8 Å². The summed E-state index contributed by atoms with van der Waals surface area (Å²) in [7, 11) is -3.92. The maximum atomic E-state index is 14.6. The highest BCUT2D eigenvalue weighted by molar-refractivity contribution is 7.91. The Morgan fingerprint density at radius 1 is 1.08 bits per heavy atom. The normalized spacial score (nSPS) is 30.9. The fraction of sp³-hybridized carbons (Fsp3) is 0.605. The van der Waals surface area contributed by atoms with Crippen LogP contribution in [0.15, 0.2) is 36.4 Å². The summed E-state index contributed by atoms with van der Waals surface area (Å²) >= 11 is 0. The molecule has 5 atom stereocenters. The standard InChI is InChI=1S/C38H49N5O7S/c1-4-39-35(47)41-29-15-9-7-5-6-8-12-25-20-38(25,34(46)42-51(48,49)36(3)18-19-36)22-31(44)30-21-37(23-43(30)33(29)45)17-16-27-26-13-10-11-14-28(26)40-24(2)32(27)50-37/h8,10-14,25,29-30H,4-7,9,15-23H2,1-3H3,(H,42,46)(H2,39,41,47)/b12-8-/t25-,29+,30+,37-,38-/m1/s1. The molecule has 3 N–H and O–H groups in total. The molecule has 4 amide bonds. The second kappa shape index (κ2) is 13.2. The van der Waals surface area contributed by atoms with Gasteiger partial charge in [-0.3, -0.25) is 19.1 Å². The third-order valence-electron chi connectivity index (χ3n) is 11.9. The molecule has 0 bridgehead atoms. The second-order valence-corrected chi connectivity index (χ2v) is 17.8. The third-order valence-corrected chi connectivity index (χ3v) is 14.1. The van der Waals surface area contributed by atoms with Gasteiger partial charge in [0.25, 0.3) is 0 Å². The van der Waals surface area contributed by atoms with Gasteiger partial charge in [0, 0.05) is 30.3 Å². The van der Waals surface area contributed by atoms with Gasteiger partial charge < -0.3 is 20.3 Å². The zero-order valence-electron chi connectivity index (χ0n) is 29.8. The lowest BCUT2D eigenvalue weighted by atomic mass is 9.85. The van der Waals surface area contributed by atoms with Gasteiger partial charge in [-0.1, -0.05) is 43.2 Å². The highest BCUT2D eigenvalue weighted by atomic mass is 32.2. The number of fused-ring (bicyclic) bond motifs is 5. The van der Waals surface area contributed by atoms with E-state index in [4.69, 9.17) is 9.72 Å². The number of benzene rings is 1. The predicted octanol–water partition coefficient (Wildman–Crippen LogP) is 4.38.